The van der Waals surface area contributed by atoms with Crippen molar-refractivity contribution in [2.24, 2.45) is 5.92 Å². The first kappa shape index (κ1) is 13.9. The number of carboxylic acids is 1. The van der Waals surface area contributed by atoms with Crippen molar-refractivity contribution in [1.29, 1.82) is 0 Å². The maximum absolute atomic E-state index is 10.9. The summed E-state index contributed by atoms with van der Waals surface area (Å²) in [5.74, 6) is -0.169. The average Bonchev–Trinajstić information content (AvgIpc) is 2.84. The summed E-state index contributed by atoms with van der Waals surface area (Å²) < 4.78 is 0. The number of anilines is 1. The van der Waals surface area contributed by atoms with Gasteiger partial charge in [-0.2, -0.15) is 0 Å². The second-order valence-electron chi connectivity index (χ2n) is 5.26. The van der Waals surface area contributed by atoms with Gasteiger partial charge in [0.2, 0.25) is 0 Å². The predicted octanol–water partition coefficient (Wildman–Crippen LogP) is 2.45. The summed E-state index contributed by atoms with van der Waals surface area (Å²) in [6.45, 7) is 8.48. The summed E-state index contributed by atoms with van der Waals surface area (Å²) >= 11 is 0. The number of aryl methyl sites for hydroxylation is 1. The van der Waals surface area contributed by atoms with Gasteiger partial charge in [-0.3, -0.25) is 0 Å². The highest BCUT2D eigenvalue weighted by Gasteiger charge is 2.20. The zero-order valence-corrected chi connectivity index (χ0v) is 11.6. The largest absolute Gasteiger partial charge is 0.478 e. The van der Waals surface area contributed by atoms with Gasteiger partial charge in [0.1, 0.15) is 0 Å². The summed E-state index contributed by atoms with van der Waals surface area (Å²) in [6.07, 6.45) is 1.24. The number of nitrogens with one attached hydrogen (secondary N) is 1. The van der Waals surface area contributed by atoms with Crippen LogP contribution in [0.1, 0.15) is 29.3 Å². The molecule has 1 aliphatic heterocycles. The molecule has 1 aromatic carbocycles. The molecule has 0 saturated carbocycles. The molecule has 0 radical (unpaired) electrons. The highest BCUT2D eigenvalue weighted by molar-refractivity contribution is 5.89. The molecule has 104 valence electrons. The predicted molar refractivity (Wildman–Crippen MR) is 76.8 cm³/mol. The van der Waals surface area contributed by atoms with Crippen molar-refractivity contribution in [2.75, 3.05) is 31.5 Å². The Labute approximate surface area is 114 Å². The van der Waals surface area contributed by atoms with Gasteiger partial charge in [-0.15, -0.1) is 0 Å². The Morgan fingerprint density at radius 2 is 2.32 bits per heavy atom. The van der Waals surface area contributed by atoms with Crippen LogP contribution in [0.2, 0.25) is 0 Å². The van der Waals surface area contributed by atoms with Crippen LogP contribution in [0.25, 0.3) is 0 Å². The van der Waals surface area contributed by atoms with Gasteiger partial charge in [0.05, 0.1) is 5.56 Å². The SMILES string of the molecule is CCN1CCC(CNc2ccc(C(=O)O)c(C)c2)C1. The van der Waals surface area contributed by atoms with Crippen molar-refractivity contribution < 1.29 is 9.90 Å². The van der Waals surface area contributed by atoms with Crippen LogP contribution in [0.4, 0.5) is 5.69 Å². The first-order valence-corrected chi connectivity index (χ1v) is 6.90. The number of carboxylic acid groups (broad SMARTS) is 1. The molecule has 19 heavy (non-hydrogen) atoms. The van der Waals surface area contributed by atoms with E-state index < -0.39 is 5.97 Å². The highest BCUT2D eigenvalue weighted by atomic mass is 16.4. The van der Waals surface area contributed by atoms with Crippen molar-refractivity contribution in [3.05, 3.63) is 29.3 Å². The lowest BCUT2D eigenvalue weighted by Crippen LogP contribution is -2.22. The van der Waals surface area contributed by atoms with Crippen LogP contribution in [0, 0.1) is 12.8 Å². The quantitative estimate of drug-likeness (QED) is 0.856. The fourth-order valence-corrected chi connectivity index (χ4v) is 2.64. The fraction of sp³-hybridized carbons (Fsp3) is 0.533. The van der Waals surface area contributed by atoms with Crippen molar-refractivity contribution in [3.8, 4) is 0 Å². The number of benzene rings is 1. The summed E-state index contributed by atoms with van der Waals surface area (Å²) in [5.41, 5.74) is 2.19. The second kappa shape index (κ2) is 6.06. The van der Waals surface area contributed by atoms with Crippen LogP contribution < -0.4 is 5.32 Å². The van der Waals surface area contributed by atoms with Crippen LogP contribution in [-0.4, -0.2) is 42.2 Å². The monoisotopic (exact) mass is 262 g/mol. The number of likely N-dealkylation sites (tertiary alicyclic amines) is 1. The maximum atomic E-state index is 10.9. The minimum absolute atomic E-state index is 0.378. The van der Waals surface area contributed by atoms with Gasteiger partial charge in [-0.1, -0.05) is 6.92 Å². The lowest BCUT2D eigenvalue weighted by molar-refractivity contribution is 0.0696. The Hall–Kier alpha value is -1.55. The molecule has 1 fully saturated rings. The smallest absolute Gasteiger partial charge is 0.335 e. The molecule has 0 bridgehead atoms. The van der Waals surface area contributed by atoms with Crippen LogP contribution >= 0.6 is 0 Å². The molecule has 0 aromatic heterocycles. The van der Waals surface area contributed by atoms with E-state index >= 15 is 0 Å². The molecule has 2 N–H and O–H groups in total. The Morgan fingerprint density at radius 1 is 1.53 bits per heavy atom. The third-order valence-electron chi connectivity index (χ3n) is 3.87. The number of hydrogen-bond acceptors (Lipinski definition) is 3. The lowest BCUT2D eigenvalue weighted by Gasteiger charge is -2.15. The Morgan fingerprint density at radius 3 is 2.89 bits per heavy atom. The topological polar surface area (TPSA) is 52.6 Å². The first-order valence-electron chi connectivity index (χ1n) is 6.90. The molecule has 4 heteroatoms. The standard InChI is InChI=1S/C15H22N2O2/c1-3-17-7-6-12(10-17)9-16-13-4-5-14(15(18)19)11(2)8-13/h4-5,8,12,16H,3,6-7,9-10H2,1-2H3,(H,18,19). The van der Waals surface area contributed by atoms with E-state index in [1.807, 2.05) is 19.1 Å². The van der Waals surface area contributed by atoms with Crippen molar-refractivity contribution in [1.82, 2.24) is 4.90 Å². The number of aromatic carboxylic acids is 1. The average molecular weight is 262 g/mol. The third-order valence-corrected chi connectivity index (χ3v) is 3.87. The van der Waals surface area contributed by atoms with E-state index in [1.54, 1.807) is 6.07 Å². The minimum Gasteiger partial charge on any atom is -0.478 e. The number of carbonyl (C=O) groups is 1. The molecule has 2 rings (SSSR count). The number of hydrogen-bond donors (Lipinski definition) is 2. The summed E-state index contributed by atoms with van der Waals surface area (Å²) in [5, 5.41) is 12.4. The summed E-state index contributed by atoms with van der Waals surface area (Å²) in [4.78, 5) is 13.4. The van der Waals surface area contributed by atoms with Crippen molar-refractivity contribution >= 4 is 11.7 Å². The molecule has 0 amide bonds. The normalized spacial score (nSPS) is 19.6. The van der Waals surface area contributed by atoms with E-state index in [2.05, 4.69) is 17.1 Å². The van der Waals surface area contributed by atoms with Crippen LogP contribution in [0.15, 0.2) is 18.2 Å². The van der Waals surface area contributed by atoms with E-state index in [1.165, 1.54) is 13.0 Å². The number of nitrogens with zero attached hydrogens (tertiary/aromatic N) is 1. The Balaban J connectivity index is 1.90. The Bertz CT molecular complexity index is 459. The van der Waals surface area contributed by atoms with E-state index in [0.717, 1.165) is 30.9 Å². The van der Waals surface area contributed by atoms with Crippen molar-refractivity contribution in [3.63, 3.8) is 0 Å². The molecule has 1 saturated heterocycles. The van der Waals surface area contributed by atoms with Gasteiger partial charge in [0.25, 0.3) is 0 Å². The van der Waals surface area contributed by atoms with Gasteiger partial charge in [-0.05, 0) is 56.1 Å². The molecule has 1 atom stereocenters. The minimum atomic E-state index is -0.863. The molecular weight excluding hydrogens is 240 g/mol. The zero-order valence-electron chi connectivity index (χ0n) is 11.6. The molecule has 1 aromatic rings. The molecule has 0 aliphatic carbocycles. The van der Waals surface area contributed by atoms with E-state index in [4.69, 9.17) is 5.11 Å². The van der Waals surface area contributed by atoms with Gasteiger partial charge in [-0.25, -0.2) is 4.79 Å². The molecule has 0 spiro atoms. The van der Waals surface area contributed by atoms with E-state index in [0.29, 0.717) is 11.5 Å². The van der Waals surface area contributed by atoms with Gasteiger partial charge >= 0.3 is 5.97 Å². The van der Waals surface area contributed by atoms with Crippen LogP contribution in [-0.2, 0) is 0 Å². The zero-order chi connectivity index (χ0) is 13.8. The van der Waals surface area contributed by atoms with Crippen molar-refractivity contribution in [2.45, 2.75) is 20.3 Å². The van der Waals surface area contributed by atoms with Gasteiger partial charge < -0.3 is 15.3 Å². The molecular formula is C15H22N2O2. The van der Waals surface area contributed by atoms with E-state index in [9.17, 15) is 4.79 Å². The van der Waals surface area contributed by atoms with Gasteiger partial charge in [0.15, 0.2) is 0 Å². The van der Waals surface area contributed by atoms with Gasteiger partial charge in [0, 0.05) is 18.8 Å². The van der Waals surface area contributed by atoms with Crippen LogP contribution in [0.3, 0.4) is 0 Å². The lowest BCUT2D eigenvalue weighted by atomic mass is 10.1. The van der Waals surface area contributed by atoms with E-state index in [-0.39, 0.29) is 0 Å². The first-order chi connectivity index (χ1) is 9.10. The third kappa shape index (κ3) is 3.47. The highest BCUT2D eigenvalue weighted by Crippen LogP contribution is 2.19. The molecule has 4 nitrogen and oxygen atoms in total. The fourth-order valence-electron chi connectivity index (χ4n) is 2.64. The molecule has 1 unspecified atom stereocenters. The molecule has 1 heterocycles. The number of rotatable bonds is 5. The molecule has 1 aliphatic rings. The Kier molecular flexibility index (Phi) is 4.43. The van der Waals surface area contributed by atoms with Crippen LogP contribution in [0.5, 0.6) is 0 Å². The maximum Gasteiger partial charge on any atom is 0.335 e. The second-order valence-corrected chi connectivity index (χ2v) is 5.26. The summed E-state index contributed by atoms with van der Waals surface area (Å²) in [7, 11) is 0. The summed E-state index contributed by atoms with van der Waals surface area (Å²) in [6, 6.07) is 5.44.